The van der Waals surface area contributed by atoms with Gasteiger partial charge in [0.05, 0.1) is 35.8 Å². The Bertz CT molecular complexity index is 1830. The molecule has 1 N–H and O–H groups in total. The first-order chi connectivity index (χ1) is 23.6. The average Bonchev–Trinajstić information content (AvgIpc) is 3.37. The van der Waals surface area contributed by atoms with Crippen LogP contribution in [0.15, 0.2) is 97.1 Å². The van der Waals surface area contributed by atoms with Gasteiger partial charge in [0, 0.05) is 29.2 Å². The fraction of sp³-hybridized carbons (Fsp3) is 0.375. The number of anilines is 2. The Balaban J connectivity index is 1.35. The molecule has 4 aliphatic heterocycles. The summed E-state index contributed by atoms with van der Waals surface area (Å²) >= 11 is 1.55. The highest BCUT2D eigenvalue weighted by Crippen LogP contribution is 2.66. The highest BCUT2D eigenvalue weighted by Gasteiger charge is 2.74. The molecule has 0 aromatic heterocycles. The third-order valence-electron chi connectivity index (χ3n) is 10.5. The van der Waals surface area contributed by atoms with E-state index < -0.39 is 33.4 Å². The lowest BCUT2D eigenvalue weighted by atomic mass is 9.74. The summed E-state index contributed by atoms with van der Waals surface area (Å²) in [7, 11) is 0. The van der Waals surface area contributed by atoms with Gasteiger partial charge >= 0.3 is 0 Å². The van der Waals surface area contributed by atoms with Crippen molar-refractivity contribution in [1.82, 2.24) is 4.90 Å². The van der Waals surface area contributed by atoms with Crippen molar-refractivity contribution in [3.63, 3.8) is 0 Å². The Kier molecular flexibility index (Phi) is 8.69. The molecule has 1 spiro atoms. The number of carbonyl (C=O) groups excluding carboxylic acids is 3. The maximum atomic E-state index is 15.2. The third kappa shape index (κ3) is 5.47. The highest BCUT2D eigenvalue weighted by atomic mass is 32.2. The van der Waals surface area contributed by atoms with Gasteiger partial charge in [-0.1, -0.05) is 66.8 Å². The predicted octanol–water partition coefficient (Wildman–Crippen LogP) is 5.50. The molecule has 3 aromatic carbocycles. The maximum absolute atomic E-state index is 15.2. The summed E-state index contributed by atoms with van der Waals surface area (Å²) in [4.78, 5) is 50.4. The summed E-state index contributed by atoms with van der Waals surface area (Å²) < 4.78 is 3.85. The van der Waals surface area contributed by atoms with Crippen LogP contribution in [0.25, 0.3) is 0 Å². The van der Waals surface area contributed by atoms with Crippen molar-refractivity contribution in [2.45, 2.75) is 55.7 Å². The Hall–Kier alpha value is -4.34. The summed E-state index contributed by atoms with van der Waals surface area (Å²) in [5.74, 6) is -1.47. The van der Waals surface area contributed by atoms with E-state index >= 15 is 9.59 Å². The number of ether oxygens (including phenoxy) is 1. The van der Waals surface area contributed by atoms with Gasteiger partial charge in [0.1, 0.15) is 11.8 Å². The van der Waals surface area contributed by atoms with Crippen molar-refractivity contribution in [3.05, 3.63) is 114 Å². The molecule has 0 bridgehead atoms. The van der Waals surface area contributed by atoms with Crippen LogP contribution in [0.3, 0.4) is 0 Å². The Morgan fingerprint density at radius 3 is 2.31 bits per heavy atom. The van der Waals surface area contributed by atoms with Crippen molar-refractivity contribution in [2.24, 2.45) is 11.8 Å². The molecule has 0 radical (unpaired) electrons. The molecule has 2 saturated heterocycles. The molecule has 3 amide bonds. The largest absolute Gasteiger partial charge is 0.494 e. The number of fused-ring (bicyclic) bond motifs is 2. The average molecular weight is 678 g/mol. The number of hydrogen-bond donors (Lipinski definition) is 1. The monoisotopic (exact) mass is 677 g/mol. The van der Waals surface area contributed by atoms with E-state index in [1.807, 2.05) is 119 Å². The molecule has 7 rings (SSSR count). The van der Waals surface area contributed by atoms with Gasteiger partial charge in [-0.15, -0.1) is 11.8 Å². The lowest BCUT2D eigenvalue weighted by molar-refractivity contribution is -0.142. The number of benzene rings is 3. The number of amides is 3. The minimum Gasteiger partial charge on any atom is -0.494 e. The van der Waals surface area contributed by atoms with E-state index in [-0.39, 0.29) is 24.3 Å². The Labute approximate surface area is 292 Å². The molecule has 8 nitrogen and oxygen atoms in total. The van der Waals surface area contributed by atoms with Crippen molar-refractivity contribution in [2.75, 3.05) is 36.1 Å². The lowest BCUT2D eigenvalue weighted by Crippen LogP contribution is -2.57. The summed E-state index contributed by atoms with van der Waals surface area (Å²) in [6.45, 7) is 8.86. The van der Waals surface area contributed by atoms with Crippen LogP contribution in [-0.2, 0) is 20.8 Å². The quantitative estimate of drug-likeness (QED) is 0.317. The molecule has 2 fully saturated rings. The number of hydrogen-bond acceptors (Lipinski definition) is 6. The van der Waals surface area contributed by atoms with Gasteiger partial charge in [0.2, 0.25) is 11.8 Å². The number of rotatable bonds is 8. The van der Waals surface area contributed by atoms with Crippen LogP contribution in [0, 0.1) is 25.7 Å². The van der Waals surface area contributed by atoms with Crippen LogP contribution in [0.5, 0.6) is 5.75 Å². The van der Waals surface area contributed by atoms with E-state index in [0.717, 1.165) is 33.8 Å². The van der Waals surface area contributed by atoms with Crippen molar-refractivity contribution < 1.29 is 24.2 Å². The molecule has 49 heavy (non-hydrogen) atoms. The number of aliphatic hydroxyl groups is 1. The van der Waals surface area contributed by atoms with E-state index in [1.54, 1.807) is 26.5 Å². The fourth-order valence-electron chi connectivity index (χ4n) is 8.34. The predicted molar refractivity (Wildman–Crippen MR) is 194 cm³/mol. The first kappa shape index (κ1) is 33.2. The van der Waals surface area contributed by atoms with Crippen LogP contribution in [0.2, 0.25) is 0 Å². The van der Waals surface area contributed by atoms with Gasteiger partial charge in [-0.25, -0.2) is 0 Å². The number of nitrogens with zero attached hydrogens (tertiary/aromatic N) is 3. The normalized spacial score (nSPS) is 28.2. The number of thioether (sulfide) groups is 1. The second-order valence-electron chi connectivity index (χ2n) is 13.7. The molecule has 4 aliphatic rings. The second-order valence-corrected chi connectivity index (χ2v) is 15.5. The zero-order valence-corrected chi connectivity index (χ0v) is 29.2. The molecule has 6 atom stereocenters. The molecule has 0 saturated carbocycles. The highest BCUT2D eigenvalue weighted by molar-refractivity contribution is 8.02. The maximum Gasteiger partial charge on any atom is 0.251 e. The summed E-state index contributed by atoms with van der Waals surface area (Å²) in [6, 6.07) is 21.6. The number of likely N-dealkylation sites (tertiary alicyclic amines) is 1. The molecule has 4 heterocycles. The van der Waals surface area contributed by atoms with Gasteiger partial charge in [0.25, 0.3) is 5.91 Å². The van der Waals surface area contributed by atoms with Gasteiger partial charge in [0.15, 0.2) is 0 Å². The number of aryl methyl sites for hydroxylation is 2. The van der Waals surface area contributed by atoms with E-state index in [2.05, 4.69) is 6.08 Å². The standard InChI is InChI=1S/C40H43N3O5S/c1-5-48-31-17-15-29(16-18-31)41-21-9-19-39(4)33(36(41)45)34-37(46)43(30(25-44)24-28-11-7-6-8-12-28)35-38(47)42(22-10-20-40(34,35)49-39)32-23-26(2)13-14-27(32)3/h6-20,23,30,33-35,44H,5,21-22,24-25H2,1-4H3/t30-,33-,34+,35?,39+,40+/m1/s1. The third-order valence-corrected chi connectivity index (χ3v) is 12.3. The summed E-state index contributed by atoms with van der Waals surface area (Å²) in [6.07, 6.45) is 8.48. The Morgan fingerprint density at radius 1 is 0.878 bits per heavy atom. The molecular weight excluding hydrogens is 635 g/mol. The van der Waals surface area contributed by atoms with Gasteiger partial charge in [-0.2, -0.15) is 0 Å². The van der Waals surface area contributed by atoms with E-state index in [0.29, 0.717) is 26.1 Å². The van der Waals surface area contributed by atoms with Gasteiger partial charge in [-0.05, 0) is 81.1 Å². The molecule has 254 valence electrons. The molecule has 1 unspecified atom stereocenters. The van der Waals surface area contributed by atoms with Crippen LogP contribution in [-0.4, -0.2) is 75.6 Å². The molecule has 0 aliphatic carbocycles. The number of carbonyl (C=O) groups is 3. The van der Waals surface area contributed by atoms with Crippen molar-refractivity contribution >= 4 is 40.9 Å². The van der Waals surface area contributed by atoms with Crippen LogP contribution in [0.1, 0.15) is 30.5 Å². The fourth-order valence-corrected chi connectivity index (χ4v) is 10.5. The molecule has 9 heteroatoms. The smallest absolute Gasteiger partial charge is 0.251 e. The number of aliphatic hydroxyl groups excluding tert-OH is 1. The first-order valence-corrected chi connectivity index (χ1v) is 17.9. The first-order valence-electron chi connectivity index (χ1n) is 17.1. The summed E-state index contributed by atoms with van der Waals surface area (Å²) in [5, 5.41) is 10.9. The van der Waals surface area contributed by atoms with Gasteiger partial charge in [-0.3, -0.25) is 14.4 Å². The van der Waals surface area contributed by atoms with Crippen LogP contribution < -0.4 is 14.5 Å². The second kappa shape index (κ2) is 12.8. The van der Waals surface area contributed by atoms with E-state index in [4.69, 9.17) is 4.74 Å². The van der Waals surface area contributed by atoms with Crippen LogP contribution in [0.4, 0.5) is 11.4 Å². The van der Waals surface area contributed by atoms with E-state index in [9.17, 15) is 9.90 Å². The van der Waals surface area contributed by atoms with Gasteiger partial charge < -0.3 is 24.5 Å². The lowest BCUT2D eigenvalue weighted by Gasteiger charge is -2.40. The van der Waals surface area contributed by atoms with Crippen molar-refractivity contribution in [3.8, 4) is 5.75 Å². The van der Waals surface area contributed by atoms with E-state index in [1.165, 1.54) is 0 Å². The topological polar surface area (TPSA) is 90.4 Å². The zero-order valence-electron chi connectivity index (χ0n) is 28.4. The van der Waals surface area contributed by atoms with Crippen LogP contribution >= 0.6 is 11.8 Å². The SMILES string of the molecule is CCOc1ccc(N2CC=C[C@]3(C)S[C@]45C=CCN(c6cc(C)ccc6C)C(=O)C4N([C@@H](CO)Cc4ccccc4)C(=O)[C@@H]5[C@@H]3C2=O)cc1. The summed E-state index contributed by atoms with van der Waals surface area (Å²) in [5.41, 5.74) is 4.46. The van der Waals surface area contributed by atoms with Crippen molar-refractivity contribution in [1.29, 1.82) is 0 Å². The minimum absolute atomic E-state index is 0.153. The molecule has 3 aromatic rings. The molecular formula is C40H43N3O5S. The zero-order chi connectivity index (χ0) is 34.5. The minimum atomic E-state index is -1.04. The Morgan fingerprint density at radius 2 is 1.59 bits per heavy atom.